The molecule has 0 saturated heterocycles. The Kier molecular flexibility index (Phi) is 10.3. The van der Waals surface area contributed by atoms with E-state index in [0.717, 1.165) is 40.5 Å². The number of benzene rings is 2. The largest absolute Gasteiger partial charge is 0.443 e. The van der Waals surface area contributed by atoms with Crippen LogP contribution in [0.15, 0.2) is 40.1 Å². The molecule has 43 heavy (non-hydrogen) atoms. The number of thiazole rings is 1. The number of carbonyl (C=O) groups is 1. The third kappa shape index (κ3) is 8.50. The zero-order valence-corrected chi connectivity index (χ0v) is 28.5. The summed E-state index contributed by atoms with van der Waals surface area (Å²) in [6.07, 6.45) is -1.05. The van der Waals surface area contributed by atoms with E-state index in [2.05, 4.69) is 9.71 Å². The molecule has 1 N–H and O–H groups in total. The molecule has 1 heterocycles. The highest BCUT2D eigenvalue weighted by molar-refractivity contribution is 7.92. The Labute approximate surface area is 260 Å². The van der Waals surface area contributed by atoms with E-state index in [9.17, 15) is 13.2 Å². The van der Waals surface area contributed by atoms with Gasteiger partial charge in [0.15, 0.2) is 14.1 Å². The van der Waals surface area contributed by atoms with Crippen LogP contribution in [0, 0.1) is 17.5 Å². The maximum absolute atomic E-state index is 15.4. The first-order chi connectivity index (χ1) is 19.6. The monoisotopic (exact) mass is 677 g/mol. The number of nitrogens with one attached hydrogen (secondary N) is 1. The summed E-state index contributed by atoms with van der Waals surface area (Å²) < 4.78 is 85.5. The molecule has 0 unspecified atom stereocenters. The predicted octanol–water partition coefficient (Wildman–Crippen LogP) is 8.48. The Morgan fingerprint density at radius 3 is 2.19 bits per heavy atom. The lowest BCUT2D eigenvalue weighted by molar-refractivity contribution is 0.0577. The number of halogens is 4. The van der Waals surface area contributed by atoms with Crippen molar-refractivity contribution in [3.8, 4) is 0 Å². The van der Waals surface area contributed by atoms with Gasteiger partial charge in [-0.2, -0.15) is 0 Å². The summed E-state index contributed by atoms with van der Waals surface area (Å²) in [7, 11) is -6.87. The van der Waals surface area contributed by atoms with Crippen LogP contribution in [0.25, 0.3) is 0 Å². The lowest BCUT2D eigenvalue weighted by Gasteiger charge is -2.36. The molecule has 3 aromatic rings. The molecule has 0 atom stereocenters. The van der Waals surface area contributed by atoms with Crippen LogP contribution in [0.3, 0.4) is 0 Å². The summed E-state index contributed by atoms with van der Waals surface area (Å²) in [4.78, 5) is 17.3. The molecule has 1 aromatic heterocycles. The highest BCUT2D eigenvalue weighted by Gasteiger charge is 2.38. The Morgan fingerprint density at radius 2 is 1.65 bits per heavy atom. The summed E-state index contributed by atoms with van der Waals surface area (Å²) in [5.74, 6) is -2.87. The number of nitrogens with zero attached hydrogens (tertiary/aromatic N) is 2. The number of amides is 1. The lowest BCUT2D eigenvalue weighted by Crippen LogP contribution is -2.41. The fourth-order valence-electron chi connectivity index (χ4n) is 3.54. The summed E-state index contributed by atoms with van der Waals surface area (Å²) in [5, 5.41) is 0.832. The van der Waals surface area contributed by atoms with Crippen LogP contribution in [0.4, 0.5) is 29.5 Å². The minimum atomic E-state index is -4.46. The highest BCUT2D eigenvalue weighted by atomic mass is 35.5. The van der Waals surface area contributed by atoms with E-state index in [1.807, 2.05) is 33.9 Å². The van der Waals surface area contributed by atoms with Gasteiger partial charge in [0.05, 0.1) is 29.4 Å². The third-order valence-corrected chi connectivity index (χ3v) is 13.6. The first-order valence-electron chi connectivity index (χ1n) is 13.1. The van der Waals surface area contributed by atoms with E-state index in [4.69, 9.17) is 20.8 Å². The van der Waals surface area contributed by atoms with Crippen molar-refractivity contribution < 1.29 is 35.5 Å². The quantitative estimate of drug-likeness (QED) is 0.228. The Bertz CT molecular complexity index is 1590. The summed E-state index contributed by atoms with van der Waals surface area (Å²) in [6, 6.07) is 3.42. The first kappa shape index (κ1) is 34.8. The number of anilines is 2. The molecule has 8 nitrogen and oxygen atoms in total. The number of hydrogen-bond donors (Lipinski definition) is 1. The molecule has 0 fully saturated rings. The molecule has 0 aliphatic heterocycles. The minimum absolute atomic E-state index is 0.0194. The zero-order valence-electron chi connectivity index (χ0n) is 25.1. The zero-order chi connectivity index (χ0) is 32.5. The average molecular weight is 678 g/mol. The highest BCUT2D eigenvalue weighted by Crippen LogP contribution is 2.38. The van der Waals surface area contributed by atoms with Gasteiger partial charge in [0.1, 0.15) is 27.9 Å². The van der Waals surface area contributed by atoms with E-state index in [0.29, 0.717) is 0 Å². The normalized spacial score (nSPS) is 12.7. The van der Waals surface area contributed by atoms with Gasteiger partial charge in [-0.05, 0) is 57.1 Å². The number of sulfonamides is 1. The van der Waals surface area contributed by atoms with Crippen molar-refractivity contribution in [2.45, 2.75) is 83.3 Å². The van der Waals surface area contributed by atoms with Crippen molar-refractivity contribution in [3.05, 3.63) is 68.8 Å². The van der Waals surface area contributed by atoms with Gasteiger partial charge in [0, 0.05) is 22.6 Å². The topological polar surface area (TPSA) is 97.8 Å². The molecule has 3 rings (SSSR count). The average Bonchev–Trinajstić information content (AvgIpc) is 3.35. The van der Waals surface area contributed by atoms with Crippen molar-refractivity contribution in [1.29, 1.82) is 0 Å². The van der Waals surface area contributed by atoms with Crippen LogP contribution < -0.4 is 9.62 Å². The third-order valence-electron chi connectivity index (χ3n) is 6.88. The molecular weight excluding hydrogens is 643 g/mol. The molecule has 0 aliphatic rings. The van der Waals surface area contributed by atoms with E-state index in [1.165, 1.54) is 10.9 Å². The van der Waals surface area contributed by atoms with Crippen molar-refractivity contribution in [2.75, 3.05) is 9.62 Å². The lowest BCUT2D eigenvalue weighted by atomic mass is 10.1. The second kappa shape index (κ2) is 12.8. The molecule has 0 bridgehead atoms. The molecule has 15 heteroatoms. The molecule has 1 amide bonds. The van der Waals surface area contributed by atoms with Gasteiger partial charge in [-0.3, -0.25) is 9.62 Å². The second-order valence-electron chi connectivity index (χ2n) is 12.3. The van der Waals surface area contributed by atoms with Crippen molar-refractivity contribution in [1.82, 2.24) is 4.98 Å². The molecule has 0 radical (unpaired) electrons. The second-order valence-corrected chi connectivity index (χ2v) is 19.9. The van der Waals surface area contributed by atoms with Crippen molar-refractivity contribution in [2.24, 2.45) is 0 Å². The number of aromatic nitrogens is 1. The van der Waals surface area contributed by atoms with Crippen molar-refractivity contribution >= 4 is 58.9 Å². The summed E-state index contributed by atoms with van der Waals surface area (Å²) in [6.45, 7) is 13.8. The number of hydrogen-bond acceptors (Lipinski definition) is 7. The van der Waals surface area contributed by atoms with E-state index in [-0.39, 0.29) is 39.3 Å². The Morgan fingerprint density at radius 1 is 1.05 bits per heavy atom. The van der Waals surface area contributed by atoms with Gasteiger partial charge in [-0.1, -0.05) is 32.4 Å². The summed E-state index contributed by atoms with van der Waals surface area (Å²) >= 11 is 7.57. The van der Waals surface area contributed by atoms with Crippen molar-refractivity contribution in [3.63, 3.8) is 0 Å². The maximum Gasteiger partial charge on any atom is 0.415 e. The smallest absolute Gasteiger partial charge is 0.415 e. The molecule has 0 aliphatic carbocycles. The van der Waals surface area contributed by atoms with Crippen LogP contribution >= 0.6 is 22.9 Å². The first-order valence-corrected chi connectivity index (χ1v) is 18.8. The van der Waals surface area contributed by atoms with Gasteiger partial charge in [-0.15, -0.1) is 11.3 Å². The predicted molar refractivity (Wildman–Crippen MR) is 165 cm³/mol. The molecule has 2 aromatic carbocycles. The molecule has 0 saturated carbocycles. The standard InChI is InChI=1S/C28H35ClF3N3O5S2Si/c1-27(2,3)40-26(36)35(13-17-18(21(31)10-9-20(17)30)14-39-43(7,8)28(4,5)6)23-12-22(32)24(11-19(23)29)42(37,38)34-25-15-41-16-33-25/h9-12,15-16,34H,13-14H2,1-8H3. The maximum atomic E-state index is 15.4. The minimum Gasteiger partial charge on any atom is -0.443 e. The number of ether oxygens (including phenoxy) is 1. The fraction of sp³-hybridized carbons (Fsp3) is 0.429. The van der Waals surface area contributed by atoms with Gasteiger partial charge in [-0.25, -0.2) is 31.4 Å². The molecular formula is C28H35ClF3N3O5S2Si. The van der Waals surface area contributed by atoms with Crippen LogP contribution in [0.2, 0.25) is 23.2 Å². The van der Waals surface area contributed by atoms with E-state index >= 15 is 13.2 Å². The molecule has 236 valence electrons. The van der Waals surface area contributed by atoms with Gasteiger partial charge >= 0.3 is 6.09 Å². The van der Waals surface area contributed by atoms with Gasteiger partial charge in [0.2, 0.25) is 0 Å². The van der Waals surface area contributed by atoms with Crippen LogP contribution in [-0.4, -0.2) is 33.4 Å². The van der Waals surface area contributed by atoms with E-state index < -0.39 is 58.9 Å². The van der Waals surface area contributed by atoms with Crippen LogP contribution in [0.1, 0.15) is 52.7 Å². The van der Waals surface area contributed by atoms with E-state index in [1.54, 1.807) is 20.8 Å². The van der Waals surface area contributed by atoms with Crippen LogP contribution in [-0.2, 0) is 32.3 Å². The van der Waals surface area contributed by atoms with Gasteiger partial charge < -0.3 is 9.16 Å². The fourth-order valence-corrected chi connectivity index (χ4v) is 6.45. The Hall–Kier alpha value is -2.65. The number of carbonyl (C=O) groups excluding carboxylic acids is 1. The summed E-state index contributed by atoms with van der Waals surface area (Å²) in [5.41, 5.74) is -0.318. The van der Waals surface area contributed by atoms with Crippen LogP contribution in [0.5, 0.6) is 0 Å². The number of rotatable bonds is 9. The van der Waals surface area contributed by atoms with Gasteiger partial charge in [0.25, 0.3) is 10.0 Å². The Balaban J connectivity index is 2.10. The SMILES string of the molecule is CC(C)(C)OC(=O)N(Cc1c(F)ccc(F)c1CO[Si](C)(C)C(C)(C)C)c1cc(F)c(S(=O)(=O)Nc2cscn2)cc1Cl. The molecule has 0 spiro atoms.